The van der Waals surface area contributed by atoms with Crippen LogP contribution in [0, 0.1) is 0 Å². The molecule has 0 radical (unpaired) electrons. The van der Waals surface area contributed by atoms with Crippen LogP contribution in [0.25, 0.3) is 11.2 Å². The van der Waals surface area contributed by atoms with Crippen molar-refractivity contribution in [1.82, 2.24) is 19.1 Å². The van der Waals surface area contributed by atoms with E-state index in [9.17, 15) is 19.8 Å². The molecule has 0 amide bonds. The third-order valence-corrected chi connectivity index (χ3v) is 5.81. The van der Waals surface area contributed by atoms with Crippen molar-refractivity contribution < 1.29 is 14.9 Å². The summed E-state index contributed by atoms with van der Waals surface area (Å²) in [7, 11) is 1.51. The Morgan fingerprint density at radius 1 is 1.23 bits per heavy atom. The average molecular weight is 435 g/mol. The number of H-pyrrole nitrogens is 1. The smallest absolute Gasteiger partial charge is 0.329 e. The SMILES string of the molecule is CCc1ccc(OCC(O)Cn2c(SCC(C)O)nc3c2c(=O)[nH]c(=O)n3C)cc1. The first-order valence-electron chi connectivity index (χ1n) is 9.70. The number of aliphatic hydroxyl groups is 2. The number of fused-ring (bicyclic) bond motifs is 1. The lowest BCUT2D eigenvalue weighted by atomic mass is 10.2. The normalized spacial score (nSPS) is 13.5. The highest BCUT2D eigenvalue weighted by Crippen LogP contribution is 2.23. The van der Waals surface area contributed by atoms with Gasteiger partial charge >= 0.3 is 5.69 Å². The van der Waals surface area contributed by atoms with Gasteiger partial charge in [-0.3, -0.25) is 14.3 Å². The van der Waals surface area contributed by atoms with Gasteiger partial charge in [-0.05, 0) is 31.0 Å². The van der Waals surface area contributed by atoms with E-state index in [0.29, 0.717) is 16.7 Å². The highest BCUT2D eigenvalue weighted by molar-refractivity contribution is 7.99. The molecule has 2 atom stereocenters. The van der Waals surface area contributed by atoms with E-state index in [0.717, 1.165) is 6.42 Å². The number of hydrogen-bond acceptors (Lipinski definition) is 7. The van der Waals surface area contributed by atoms with Crippen molar-refractivity contribution in [1.29, 1.82) is 0 Å². The molecule has 0 bridgehead atoms. The van der Waals surface area contributed by atoms with E-state index in [4.69, 9.17) is 4.74 Å². The van der Waals surface area contributed by atoms with Gasteiger partial charge in [0.05, 0.1) is 12.6 Å². The number of imidazole rings is 1. The number of benzene rings is 1. The maximum Gasteiger partial charge on any atom is 0.329 e. The Labute approximate surface area is 177 Å². The molecule has 0 aliphatic rings. The maximum atomic E-state index is 12.4. The van der Waals surface area contributed by atoms with E-state index < -0.39 is 23.5 Å². The molecule has 162 valence electrons. The standard InChI is InChI=1S/C20H26N4O5S/c1-4-13-5-7-15(8-6-13)29-10-14(26)9-24-16-17(21-20(24)30-11-12(2)25)23(3)19(28)22-18(16)27/h5-8,12,14,25-26H,4,9-11H2,1-3H3,(H,22,27,28). The first-order valence-corrected chi connectivity index (χ1v) is 10.7. The highest BCUT2D eigenvalue weighted by Gasteiger charge is 2.20. The molecule has 10 heteroatoms. The summed E-state index contributed by atoms with van der Waals surface area (Å²) in [6, 6.07) is 7.64. The molecule has 0 aliphatic carbocycles. The van der Waals surface area contributed by atoms with Crippen molar-refractivity contribution in [2.24, 2.45) is 7.05 Å². The molecule has 0 saturated carbocycles. The topological polar surface area (TPSA) is 122 Å². The number of aryl methyl sites for hydroxylation is 2. The molecular formula is C20H26N4O5S. The lowest BCUT2D eigenvalue weighted by Crippen LogP contribution is -2.30. The molecule has 3 N–H and O–H groups in total. The number of ether oxygens (including phenoxy) is 1. The summed E-state index contributed by atoms with van der Waals surface area (Å²) in [5.41, 5.74) is 0.463. The van der Waals surface area contributed by atoms with E-state index >= 15 is 0 Å². The second-order valence-corrected chi connectivity index (χ2v) is 8.11. The van der Waals surface area contributed by atoms with Crippen LogP contribution in [0.15, 0.2) is 39.0 Å². The summed E-state index contributed by atoms with van der Waals surface area (Å²) >= 11 is 1.25. The van der Waals surface area contributed by atoms with E-state index in [1.807, 2.05) is 24.3 Å². The lowest BCUT2D eigenvalue weighted by molar-refractivity contribution is 0.0913. The van der Waals surface area contributed by atoms with Crippen LogP contribution in [-0.2, 0) is 20.0 Å². The van der Waals surface area contributed by atoms with Crippen molar-refractivity contribution in [3.05, 3.63) is 50.7 Å². The van der Waals surface area contributed by atoms with Crippen molar-refractivity contribution in [3.63, 3.8) is 0 Å². The molecule has 3 aromatic rings. The zero-order valence-corrected chi connectivity index (χ0v) is 18.0. The predicted octanol–water partition coefficient (Wildman–Crippen LogP) is 0.898. The minimum atomic E-state index is -0.921. The Bertz CT molecular complexity index is 1120. The van der Waals surface area contributed by atoms with E-state index in [1.54, 1.807) is 11.5 Å². The zero-order chi connectivity index (χ0) is 21.8. The van der Waals surface area contributed by atoms with Crippen LogP contribution < -0.4 is 16.0 Å². The van der Waals surface area contributed by atoms with E-state index in [2.05, 4.69) is 16.9 Å². The van der Waals surface area contributed by atoms with Gasteiger partial charge in [-0.15, -0.1) is 0 Å². The molecule has 2 unspecified atom stereocenters. The fraction of sp³-hybridized carbons (Fsp3) is 0.450. The number of rotatable bonds is 9. The molecule has 3 rings (SSSR count). The number of aromatic amines is 1. The summed E-state index contributed by atoms with van der Waals surface area (Å²) in [6.07, 6.45) is -0.568. The van der Waals surface area contributed by atoms with Crippen molar-refractivity contribution in [2.75, 3.05) is 12.4 Å². The van der Waals surface area contributed by atoms with Crippen molar-refractivity contribution in [2.45, 2.75) is 44.2 Å². The Kier molecular flexibility index (Phi) is 7.01. The number of aliphatic hydroxyl groups excluding tert-OH is 2. The van der Waals surface area contributed by atoms with Crippen LogP contribution in [0.3, 0.4) is 0 Å². The first kappa shape index (κ1) is 22.1. The van der Waals surface area contributed by atoms with Crippen LogP contribution in [0.2, 0.25) is 0 Å². The molecule has 0 saturated heterocycles. The predicted molar refractivity (Wildman–Crippen MR) is 115 cm³/mol. The lowest BCUT2D eigenvalue weighted by Gasteiger charge is -2.15. The minimum Gasteiger partial charge on any atom is -0.491 e. The van der Waals surface area contributed by atoms with Gasteiger partial charge in [0, 0.05) is 12.8 Å². The molecule has 0 fully saturated rings. The fourth-order valence-electron chi connectivity index (χ4n) is 2.97. The fourth-order valence-corrected chi connectivity index (χ4v) is 3.83. The summed E-state index contributed by atoms with van der Waals surface area (Å²) in [4.78, 5) is 31.0. The largest absolute Gasteiger partial charge is 0.491 e. The molecule has 1 aromatic carbocycles. The zero-order valence-electron chi connectivity index (χ0n) is 17.2. The Hall–Kier alpha value is -2.56. The number of nitrogens with one attached hydrogen (secondary N) is 1. The van der Waals surface area contributed by atoms with Gasteiger partial charge in [0.25, 0.3) is 5.56 Å². The van der Waals surface area contributed by atoms with Crippen LogP contribution in [0.5, 0.6) is 5.75 Å². The van der Waals surface area contributed by atoms with Crippen LogP contribution in [-0.4, -0.2) is 53.9 Å². The average Bonchev–Trinajstić information content (AvgIpc) is 3.08. The number of aromatic nitrogens is 4. The van der Waals surface area contributed by atoms with Gasteiger partial charge < -0.3 is 19.5 Å². The second kappa shape index (κ2) is 9.50. The van der Waals surface area contributed by atoms with Gasteiger partial charge in [-0.1, -0.05) is 30.8 Å². The van der Waals surface area contributed by atoms with Crippen LogP contribution in [0.4, 0.5) is 0 Å². The van der Waals surface area contributed by atoms with Gasteiger partial charge in [0.1, 0.15) is 18.5 Å². The maximum absolute atomic E-state index is 12.4. The number of nitrogens with zero attached hydrogens (tertiary/aromatic N) is 3. The second-order valence-electron chi connectivity index (χ2n) is 7.12. The van der Waals surface area contributed by atoms with Gasteiger partial charge in [0.2, 0.25) is 0 Å². The highest BCUT2D eigenvalue weighted by atomic mass is 32.2. The van der Waals surface area contributed by atoms with E-state index in [-0.39, 0.29) is 24.3 Å². The summed E-state index contributed by atoms with van der Waals surface area (Å²) < 4.78 is 8.48. The quantitative estimate of drug-likeness (QED) is 0.428. The third kappa shape index (κ3) is 4.94. The molecule has 2 aromatic heterocycles. The Morgan fingerprint density at radius 3 is 2.57 bits per heavy atom. The van der Waals surface area contributed by atoms with Crippen molar-refractivity contribution >= 4 is 22.9 Å². The first-order chi connectivity index (χ1) is 14.3. The molecule has 9 nitrogen and oxygen atoms in total. The number of thioether (sulfide) groups is 1. The summed E-state index contributed by atoms with van der Waals surface area (Å²) in [5.74, 6) is 0.997. The molecular weight excluding hydrogens is 408 g/mol. The minimum absolute atomic E-state index is 0.0231. The molecule has 0 spiro atoms. The van der Waals surface area contributed by atoms with Crippen LogP contribution >= 0.6 is 11.8 Å². The molecule has 0 aliphatic heterocycles. The van der Waals surface area contributed by atoms with Crippen LogP contribution in [0.1, 0.15) is 19.4 Å². The van der Waals surface area contributed by atoms with Crippen molar-refractivity contribution in [3.8, 4) is 5.75 Å². The number of hydrogen-bond donors (Lipinski definition) is 3. The Morgan fingerprint density at radius 2 is 1.93 bits per heavy atom. The van der Waals surface area contributed by atoms with Gasteiger partial charge in [-0.25, -0.2) is 9.78 Å². The Balaban J connectivity index is 1.85. The third-order valence-electron chi connectivity index (χ3n) is 4.59. The monoisotopic (exact) mass is 434 g/mol. The van der Waals surface area contributed by atoms with Gasteiger partial charge in [-0.2, -0.15) is 0 Å². The molecule has 30 heavy (non-hydrogen) atoms. The summed E-state index contributed by atoms with van der Waals surface area (Å²) in [6.45, 7) is 3.79. The molecule has 2 heterocycles. The van der Waals surface area contributed by atoms with Gasteiger partial charge in [0.15, 0.2) is 16.3 Å². The van der Waals surface area contributed by atoms with E-state index in [1.165, 1.54) is 28.9 Å². The summed E-state index contributed by atoms with van der Waals surface area (Å²) in [5, 5.41) is 20.6.